The van der Waals surface area contributed by atoms with Crippen LogP contribution in [0.5, 0.6) is 17.2 Å². The lowest BCUT2D eigenvalue weighted by molar-refractivity contribution is 0.268. The van der Waals surface area contributed by atoms with Gasteiger partial charge in [0, 0.05) is 11.8 Å². The van der Waals surface area contributed by atoms with Crippen LogP contribution in [0.15, 0.2) is 46.0 Å². The Balaban J connectivity index is 1.78. The molecule has 158 valence electrons. The first kappa shape index (κ1) is 21.3. The number of aromatic nitrogens is 2. The van der Waals surface area contributed by atoms with Gasteiger partial charge in [0.25, 0.3) is 0 Å². The van der Waals surface area contributed by atoms with Crippen molar-refractivity contribution in [3.8, 4) is 17.2 Å². The van der Waals surface area contributed by atoms with Crippen LogP contribution < -0.4 is 19.5 Å². The predicted octanol–water partition coefficient (Wildman–Crippen LogP) is 3.27. The quantitative estimate of drug-likeness (QED) is 0.409. The summed E-state index contributed by atoms with van der Waals surface area (Å²) in [5, 5.41) is 19.8. The van der Waals surface area contributed by atoms with Gasteiger partial charge in [0.15, 0.2) is 28.7 Å². The summed E-state index contributed by atoms with van der Waals surface area (Å²) < 4.78 is 34.4. The number of methoxy groups -OCH3 is 2. The molecule has 0 fully saturated rings. The summed E-state index contributed by atoms with van der Waals surface area (Å²) in [5.41, 5.74) is 0.964. The number of aliphatic imine (C=N–C) groups is 1. The molecule has 1 heterocycles. The molecule has 0 spiro atoms. The highest BCUT2D eigenvalue weighted by Crippen LogP contribution is 2.31. The fourth-order valence-corrected chi connectivity index (χ4v) is 2.67. The molecule has 0 saturated carbocycles. The van der Waals surface area contributed by atoms with Crippen LogP contribution in [-0.4, -0.2) is 42.2 Å². The molecule has 0 aliphatic heterocycles. The van der Waals surface area contributed by atoms with Gasteiger partial charge in [-0.05, 0) is 35.5 Å². The number of aliphatic hydroxyl groups excluding tert-OH is 1. The highest BCUT2D eigenvalue weighted by molar-refractivity contribution is 6.31. The number of aliphatic hydroxyl groups is 1. The molecule has 9 nitrogen and oxygen atoms in total. The highest BCUT2D eigenvalue weighted by Gasteiger charge is 2.18. The van der Waals surface area contributed by atoms with Crippen molar-refractivity contribution in [2.75, 3.05) is 26.3 Å². The van der Waals surface area contributed by atoms with Gasteiger partial charge < -0.3 is 24.6 Å². The molecule has 30 heavy (non-hydrogen) atoms. The van der Waals surface area contributed by atoms with Crippen molar-refractivity contribution in [2.24, 2.45) is 4.99 Å². The first-order valence-electron chi connectivity index (χ1n) is 8.59. The molecule has 11 heteroatoms. The lowest BCUT2D eigenvalue weighted by Crippen LogP contribution is -2.18. The molecular formula is C19H18ClFN4O5. The molecule has 0 bridgehead atoms. The first-order valence-corrected chi connectivity index (χ1v) is 8.97. The van der Waals surface area contributed by atoms with Crippen LogP contribution >= 0.6 is 11.6 Å². The van der Waals surface area contributed by atoms with Gasteiger partial charge in [0.1, 0.15) is 24.9 Å². The molecule has 2 aromatic carbocycles. The van der Waals surface area contributed by atoms with Crippen molar-refractivity contribution in [1.82, 2.24) is 10.3 Å². The normalized spacial score (nSPS) is 11.3. The summed E-state index contributed by atoms with van der Waals surface area (Å²) in [6.07, 6.45) is 0. The van der Waals surface area contributed by atoms with Crippen LogP contribution in [0, 0.1) is 5.82 Å². The number of nitrogens with zero attached hydrogens (tertiary/aromatic N) is 3. The zero-order valence-corrected chi connectivity index (χ0v) is 16.8. The molecule has 2 N–H and O–H groups in total. The Bertz CT molecular complexity index is 1040. The van der Waals surface area contributed by atoms with Crippen LogP contribution in [0.3, 0.4) is 0 Å². The lowest BCUT2D eigenvalue weighted by atomic mass is 10.2. The first-order chi connectivity index (χ1) is 14.5. The monoisotopic (exact) mass is 436 g/mol. The molecule has 0 atom stereocenters. The second-order valence-corrected chi connectivity index (χ2v) is 6.17. The van der Waals surface area contributed by atoms with Crippen LogP contribution in [0.2, 0.25) is 5.02 Å². The Morgan fingerprint density at radius 3 is 2.67 bits per heavy atom. The zero-order valence-electron chi connectivity index (χ0n) is 16.1. The topological polar surface area (TPSA) is 111 Å². The second-order valence-electron chi connectivity index (χ2n) is 5.77. The number of anilines is 1. The Labute approximate surface area is 176 Å². The van der Waals surface area contributed by atoms with Gasteiger partial charge in [-0.1, -0.05) is 16.8 Å². The summed E-state index contributed by atoms with van der Waals surface area (Å²) in [6.45, 7) is -0.537. The van der Waals surface area contributed by atoms with Crippen LogP contribution in [0.4, 0.5) is 10.1 Å². The van der Waals surface area contributed by atoms with Crippen molar-refractivity contribution >= 4 is 23.1 Å². The average molecular weight is 437 g/mol. The maximum absolute atomic E-state index is 13.4. The minimum atomic E-state index is -0.560. The Kier molecular flexibility index (Phi) is 7.04. The Hall–Kier alpha value is -3.37. The lowest BCUT2D eigenvalue weighted by Gasteiger charge is -2.11. The summed E-state index contributed by atoms with van der Waals surface area (Å²) in [4.78, 5) is 3.95. The Morgan fingerprint density at radius 1 is 1.17 bits per heavy atom. The molecule has 0 aliphatic carbocycles. The molecule has 3 aromatic rings. The number of amidine groups is 1. The molecule has 0 radical (unpaired) electrons. The number of halogens is 2. The van der Waals surface area contributed by atoms with Gasteiger partial charge in [0.2, 0.25) is 0 Å². The molecule has 0 amide bonds. The van der Waals surface area contributed by atoms with Crippen LogP contribution in [0.25, 0.3) is 0 Å². The smallest absolute Gasteiger partial charge is 0.176 e. The van der Waals surface area contributed by atoms with E-state index in [0.29, 0.717) is 28.6 Å². The summed E-state index contributed by atoms with van der Waals surface area (Å²) in [7, 11) is 3.06. The average Bonchev–Trinajstić information content (AvgIpc) is 3.22. The molecular weight excluding hydrogens is 419 g/mol. The standard InChI is InChI=1S/C19H18ClFN4O5/c1-27-16-6-4-12(8-17(16)28-2)29-9-15-18(25-30-24-15)19(22-10-26)23-11-3-5-14(21)13(20)7-11/h3-8,26H,9-10H2,1-2H3,(H,22,23). The second kappa shape index (κ2) is 9.90. The number of ether oxygens (including phenoxy) is 3. The predicted molar refractivity (Wildman–Crippen MR) is 107 cm³/mol. The third kappa shape index (κ3) is 4.97. The van der Waals surface area contributed by atoms with E-state index in [1.165, 1.54) is 32.4 Å². The summed E-state index contributed by atoms with van der Waals surface area (Å²) in [5.74, 6) is 1.15. The van der Waals surface area contributed by atoms with Gasteiger partial charge >= 0.3 is 0 Å². The maximum Gasteiger partial charge on any atom is 0.176 e. The third-order valence-electron chi connectivity index (χ3n) is 3.92. The SMILES string of the molecule is COc1ccc(OCc2nonc2/C(=N/CO)Nc2ccc(F)c(Cl)c2)cc1OC. The highest BCUT2D eigenvalue weighted by atomic mass is 35.5. The van der Waals surface area contributed by atoms with Gasteiger partial charge in [0.05, 0.1) is 19.2 Å². The van der Waals surface area contributed by atoms with E-state index in [0.717, 1.165) is 0 Å². The minimum absolute atomic E-state index is 0.00931. The van der Waals surface area contributed by atoms with Crippen molar-refractivity contribution < 1.29 is 28.3 Å². The van der Waals surface area contributed by atoms with E-state index < -0.39 is 12.5 Å². The minimum Gasteiger partial charge on any atom is -0.493 e. The van der Waals surface area contributed by atoms with Crippen LogP contribution in [-0.2, 0) is 6.61 Å². The van der Waals surface area contributed by atoms with Gasteiger partial charge in [-0.25, -0.2) is 14.0 Å². The van der Waals surface area contributed by atoms with Crippen LogP contribution in [0.1, 0.15) is 11.4 Å². The third-order valence-corrected chi connectivity index (χ3v) is 4.21. The number of benzene rings is 2. The number of nitrogens with one attached hydrogen (secondary N) is 1. The van der Waals surface area contributed by atoms with E-state index in [-0.39, 0.29) is 23.2 Å². The van der Waals surface area contributed by atoms with E-state index >= 15 is 0 Å². The van der Waals surface area contributed by atoms with Crippen molar-refractivity contribution in [3.05, 3.63) is 58.6 Å². The molecule has 0 aliphatic rings. The van der Waals surface area contributed by atoms with Gasteiger partial charge in [-0.3, -0.25) is 0 Å². The van der Waals surface area contributed by atoms with Crippen molar-refractivity contribution in [3.63, 3.8) is 0 Å². The fraction of sp³-hybridized carbons (Fsp3) is 0.211. The van der Waals surface area contributed by atoms with Crippen molar-refractivity contribution in [1.29, 1.82) is 0 Å². The zero-order chi connectivity index (χ0) is 21.5. The van der Waals surface area contributed by atoms with Gasteiger partial charge in [-0.15, -0.1) is 0 Å². The largest absolute Gasteiger partial charge is 0.493 e. The van der Waals surface area contributed by atoms with E-state index in [9.17, 15) is 9.50 Å². The Morgan fingerprint density at radius 2 is 1.97 bits per heavy atom. The van der Waals surface area contributed by atoms with Gasteiger partial charge in [-0.2, -0.15) is 0 Å². The fourth-order valence-electron chi connectivity index (χ4n) is 2.49. The van der Waals surface area contributed by atoms with E-state index in [2.05, 4.69) is 20.6 Å². The molecule has 0 saturated heterocycles. The van der Waals surface area contributed by atoms with E-state index in [1.807, 2.05) is 0 Å². The molecule has 3 rings (SSSR count). The molecule has 0 unspecified atom stereocenters. The number of hydrogen-bond acceptors (Lipinski definition) is 8. The van der Waals surface area contributed by atoms with E-state index in [4.69, 9.17) is 30.4 Å². The summed E-state index contributed by atoms with van der Waals surface area (Å²) >= 11 is 5.80. The number of rotatable bonds is 8. The summed E-state index contributed by atoms with van der Waals surface area (Å²) in [6, 6.07) is 9.10. The number of hydrogen-bond donors (Lipinski definition) is 2. The maximum atomic E-state index is 13.4. The molecule has 1 aromatic heterocycles. The van der Waals surface area contributed by atoms with Crippen molar-refractivity contribution in [2.45, 2.75) is 6.61 Å². The van der Waals surface area contributed by atoms with E-state index in [1.54, 1.807) is 18.2 Å².